The second-order valence-corrected chi connectivity index (χ2v) is 6.27. The summed E-state index contributed by atoms with van der Waals surface area (Å²) in [5.41, 5.74) is 0. The van der Waals surface area contributed by atoms with Crippen LogP contribution in [0, 0.1) is 5.92 Å². The first-order valence-electron chi connectivity index (χ1n) is 8.43. The van der Waals surface area contributed by atoms with Crippen molar-refractivity contribution in [3.63, 3.8) is 0 Å². The minimum Gasteiger partial charge on any atom is -0.369 e. The van der Waals surface area contributed by atoms with Gasteiger partial charge in [-0.25, -0.2) is 9.97 Å². The molecule has 0 saturated carbocycles. The monoisotopic (exact) mass is 328 g/mol. The molecule has 3 rings (SSSR count). The Morgan fingerprint density at radius 1 is 1.04 bits per heavy atom. The topological polar surface area (TPSA) is 83.0 Å². The highest BCUT2D eigenvalue weighted by molar-refractivity contribution is 5.41. The highest BCUT2D eigenvalue weighted by Gasteiger charge is 2.21. The molecule has 0 spiro atoms. The Labute approximate surface area is 142 Å². The summed E-state index contributed by atoms with van der Waals surface area (Å²) < 4.78 is 0. The standard InChI is InChI=1S/C16H24N8/c1-13(2)4-7-17-14-12-20-22-16(21-14)24-10-8-23(9-11-24)15-18-5-3-6-19-15/h3,5-6,12-13H,4,7-11H2,1-2H3,(H,17,21,22). The van der Waals surface area contributed by atoms with Gasteiger partial charge in [-0.3, -0.25) is 0 Å². The predicted octanol–water partition coefficient (Wildman–Crippen LogP) is 1.45. The molecule has 2 aromatic heterocycles. The van der Waals surface area contributed by atoms with E-state index in [0.717, 1.165) is 50.9 Å². The van der Waals surface area contributed by atoms with Crippen molar-refractivity contribution < 1.29 is 0 Å². The maximum atomic E-state index is 4.58. The van der Waals surface area contributed by atoms with Crippen molar-refractivity contribution in [2.45, 2.75) is 20.3 Å². The number of rotatable bonds is 6. The summed E-state index contributed by atoms with van der Waals surface area (Å²) in [6.07, 6.45) is 6.33. The summed E-state index contributed by atoms with van der Waals surface area (Å²) in [5, 5.41) is 11.6. The molecular formula is C16H24N8. The van der Waals surface area contributed by atoms with Crippen LogP contribution in [0.25, 0.3) is 0 Å². The summed E-state index contributed by atoms with van der Waals surface area (Å²) in [6, 6.07) is 1.83. The van der Waals surface area contributed by atoms with Crippen LogP contribution in [-0.2, 0) is 0 Å². The Hall–Kier alpha value is -2.51. The number of anilines is 3. The largest absolute Gasteiger partial charge is 0.369 e. The second kappa shape index (κ2) is 7.85. The number of hydrogen-bond donors (Lipinski definition) is 1. The van der Waals surface area contributed by atoms with E-state index in [1.54, 1.807) is 18.6 Å². The molecule has 0 atom stereocenters. The van der Waals surface area contributed by atoms with Crippen molar-refractivity contribution in [2.24, 2.45) is 5.92 Å². The zero-order valence-electron chi connectivity index (χ0n) is 14.3. The Morgan fingerprint density at radius 3 is 2.38 bits per heavy atom. The average molecular weight is 328 g/mol. The maximum Gasteiger partial charge on any atom is 0.247 e. The zero-order chi connectivity index (χ0) is 16.8. The lowest BCUT2D eigenvalue weighted by atomic mass is 10.1. The van der Waals surface area contributed by atoms with Gasteiger partial charge in [-0.1, -0.05) is 13.8 Å². The lowest BCUT2D eigenvalue weighted by molar-refractivity contribution is 0.605. The number of hydrogen-bond acceptors (Lipinski definition) is 8. The van der Waals surface area contributed by atoms with Crippen molar-refractivity contribution in [3.05, 3.63) is 24.7 Å². The van der Waals surface area contributed by atoms with Crippen molar-refractivity contribution in [3.8, 4) is 0 Å². The first kappa shape index (κ1) is 16.4. The van der Waals surface area contributed by atoms with Gasteiger partial charge in [0.15, 0.2) is 5.82 Å². The molecule has 1 N–H and O–H groups in total. The number of aromatic nitrogens is 5. The Kier molecular flexibility index (Phi) is 5.35. The maximum absolute atomic E-state index is 4.58. The Morgan fingerprint density at radius 2 is 1.71 bits per heavy atom. The SMILES string of the molecule is CC(C)CCNc1cnnc(N2CCN(c3ncccn3)CC2)n1. The lowest BCUT2D eigenvalue weighted by Crippen LogP contribution is -2.47. The van der Waals surface area contributed by atoms with Gasteiger partial charge >= 0.3 is 0 Å². The van der Waals surface area contributed by atoms with E-state index in [4.69, 9.17) is 0 Å². The van der Waals surface area contributed by atoms with E-state index >= 15 is 0 Å². The van der Waals surface area contributed by atoms with Crippen LogP contribution >= 0.6 is 0 Å². The van der Waals surface area contributed by atoms with Crippen molar-refractivity contribution >= 4 is 17.7 Å². The lowest BCUT2D eigenvalue weighted by Gasteiger charge is -2.34. The van der Waals surface area contributed by atoms with Crippen molar-refractivity contribution in [2.75, 3.05) is 47.8 Å². The van der Waals surface area contributed by atoms with Crippen LogP contribution < -0.4 is 15.1 Å². The third-order valence-electron chi connectivity index (χ3n) is 3.97. The molecule has 8 nitrogen and oxygen atoms in total. The fourth-order valence-electron chi connectivity index (χ4n) is 2.56. The van der Waals surface area contributed by atoms with Gasteiger partial charge in [0, 0.05) is 45.1 Å². The van der Waals surface area contributed by atoms with E-state index in [-0.39, 0.29) is 0 Å². The molecule has 0 bridgehead atoms. The highest BCUT2D eigenvalue weighted by Crippen LogP contribution is 2.15. The van der Waals surface area contributed by atoms with E-state index in [2.05, 4.69) is 54.1 Å². The van der Waals surface area contributed by atoms with Gasteiger partial charge in [-0.15, -0.1) is 5.10 Å². The van der Waals surface area contributed by atoms with Gasteiger partial charge in [0.2, 0.25) is 11.9 Å². The molecule has 0 aliphatic carbocycles. The normalized spacial score (nSPS) is 15.0. The van der Waals surface area contributed by atoms with E-state index in [9.17, 15) is 0 Å². The zero-order valence-corrected chi connectivity index (χ0v) is 14.3. The molecule has 1 aliphatic rings. The third kappa shape index (κ3) is 4.27. The molecule has 0 radical (unpaired) electrons. The summed E-state index contributed by atoms with van der Waals surface area (Å²) in [7, 11) is 0. The van der Waals surface area contributed by atoms with Crippen LogP contribution in [0.3, 0.4) is 0 Å². The highest BCUT2D eigenvalue weighted by atomic mass is 15.4. The summed E-state index contributed by atoms with van der Waals surface area (Å²) in [5.74, 6) is 2.91. The first-order valence-corrected chi connectivity index (χ1v) is 8.43. The molecule has 1 saturated heterocycles. The van der Waals surface area contributed by atoms with Gasteiger partial charge in [0.05, 0.1) is 6.20 Å². The molecule has 1 aliphatic heterocycles. The summed E-state index contributed by atoms with van der Waals surface area (Å²) in [4.78, 5) is 17.5. The van der Waals surface area contributed by atoms with Gasteiger partial charge in [-0.05, 0) is 18.4 Å². The van der Waals surface area contributed by atoms with Gasteiger partial charge in [-0.2, -0.15) is 10.1 Å². The van der Waals surface area contributed by atoms with Gasteiger partial charge < -0.3 is 15.1 Å². The minimum atomic E-state index is 0.667. The number of nitrogens with one attached hydrogen (secondary N) is 1. The van der Waals surface area contributed by atoms with Crippen molar-refractivity contribution in [1.82, 2.24) is 25.1 Å². The third-order valence-corrected chi connectivity index (χ3v) is 3.97. The van der Waals surface area contributed by atoms with Crippen LogP contribution in [0.5, 0.6) is 0 Å². The van der Waals surface area contributed by atoms with E-state index < -0.39 is 0 Å². The fraction of sp³-hybridized carbons (Fsp3) is 0.562. The number of piperazine rings is 1. The first-order chi connectivity index (χ1) is 11.7. The fourth-order valence-corrected chi connectivity index (χ4v) is 2.56. The van der Waals surface area contributed by atoms with Crippen LogP contribution in [-0.4, -0.2) is 57.9 Å². The van der Waals surface area contributed by atoms with Gasteiger partial charge in [0.25, 0.3) is 0 Å². The molecule has 8 heteroatoms. The smallest absolute Gasteiger partial charge is 0.247 e. The Balaban J connectivity index is 1.56. The molecule has 0 amide bonds. The molecule has 0 unspecified atom stereocenters. The Bertz CT molecular complexity index is 625. The molecular weight excluding hydrogens is 304 g/mol. The van der Waals surface area contributed by atoms with Crippen molar-refractivity contribution in [1.29, 1.82) is 0 Å². The average Bonchev–Trinajstić information content (AvgIpc) is 2.63. The van der Waals surface area contributed by atoms with Gasteiger partial charge in [0.1, 0.15) is 0 Å². The van der Waals surface area contributed by atoms with Crippen LogP contribution in [0.15, 0.2) is 24.7 Å². The van der Waals surface area contributed by atoms with E-state index in [0.29, 0.717) is 11.9 Å². The molecule has 1 fully saturated rings. The second-order valence-electron chi connectivity index (χ2n) is 6.27. The van der Waals surface area contributed by atoms with E-state index in [1.807, 2.05) is 6.07 Å². The molecule has 128 valence electrons. The molecule has 0 aromatic carbocycles. The summed E-state index contributed by atoms with van der Waals surface area (Å²) >= 11 is 0. The number of nitrogens with zero attached hydrogens (tertiary/aromatic N) is 7. The summed E-state index contributed by atoms with van der Waals surface area (Å²) in [6.45, 7) is 8.67. The van der Waals surface area contributed by atoms with Crippen LogP contribution in [0.4, 0.5) is 17.7 Å². The van der Waals surface area contributed by atoms with Crippen LogP contribution in [0.1, 0.15) is 20.3 Å². The molecule has 2 aromatic rings. The quantitative estimate of drug-likeness (QED) is 0.853. The van der Waals surface area contributed by atoms with Crippen LogP contribution in [0.2, 0.25) is 0 Å². The predicted molar refractivity (Wildman–Crippen MR) is 94.2 cm³/mol. The molecule has 3 heterocycles. The van der Waals surface area contributed by atoms with E-state index in [1.165, 1.54) is 0 Å². The minimum absolute atomic E-state index is 0.667. The molecule has 24 heavy (non-hydrogen) atoms.